The van der Waals surface area contributed by atoms with Gasteiger partial charge in [0, 0.05) is 13.1 Å². The highest BCUT2D eigenvalue weighted by molar-refractivity contribution is 8.21. The van der Waals surface area contributed by atoms with Crippen LogP contribution in [0.4, 0.5) is 0 Å². The van der Waals surface area contributed by atoms with Gasteiger partial charge in [-0.1, -0.05) is 12.2 Å². The first-order chi connectivity index (χ1) is 7.47. The molecule has 0 aromatic carbocycles. The van der Waals surface area contributed by atoms with Crippen molar-refractivity contribution in [2.24, 2.45) is 5.73 Å². The molecule has 0 atom stereocenters. The van der Waals surface area contributed by atoms with Gasteiger partial charge in [0.05, 0.1) is 0 Å². The number of hydrogen-bond donors (Lipinski definition) is 4. The minimum Gasteiger partial charge on any atom is -0.480 e. The molecule has 9 heteroatoms. The Morgan fingerprint density at radius 3 is 2.19 bits per heavy atom. The number of rotatable bonds is 7. The van der Waals surface area contributed by atoms with Gasteiger partial charge in [0.1, 0.15) is 13.1 Å². The molecule has 5 N–H and O–H groups in total. The van der Waals surface area contributed by atoms with Gasteiger partial charge in [-0.15, -0.1) is 0 Å². The molecule has 0 rings (SSSR count). The van der Waals surface area contributed by atoms with Crippen molar-refractivity contribution in [3.63, 3.8) is 0 Å². The van der Waals surface area contributed by atoms with E-state index >= 15 is 0 Å². The second-order valence-corrected chi connectivity index (χ2v) is 4.22. The fourth-order valence-corrected chi connectivity index (χ4v) is 1.66. The molecule has 92 valence electrons. The quantitative estimate of drug-likeness (QED) is 0.260. The monoisotopic (exact) mass is 267 g/mol. The Morgan fingerprint density at radius 1 is 1.31 bits per heavy atom. The van der Waals surface area contributed by atoms with Crippen LogP contribution in [0.1, 0.15) is 0 Å². The molecule has 0 radical (unpaired) electrons. The molecule has 0 aliphatic rings. The number of carboxylic acids is 2. The molecule has 0 aliphatic carbocycles. The third-order valence-corrected chi connectivity index (χ3v) is 2.61. The zero-order valence-corrected chi connectivity index (χ0v) is 10.0. The average molecular weight is 267 g/mol. The van der Waals surface area contributed by atoms with Crippen LogP contribution in [0.15, 0.2) is 0 Å². The van der Waals surface area contributed by atoms with E-state index in [0.29, 0.717) is 13.1 Å². The molecule has 0 heterocycles. The third kappa shape index (κ3) is 7.40. The second kappa shape index (κ2) is 8.28. The van der Waals surface area contributed by atoms with Crippen LogP contribution < -0.4 is 10.5 Å². The molecule has 0 amide bonds. The summed E-state index contributed by atoms with van der Waals surface area (Å²) in [5, 5.41) is 17.1. The standard InChI is InChI=1S/C7H13N3O4S2/c8-1-2-9-16-7(15)10(3-5(11)12)4-6(13)14/h9H,1-4,8H2,(H,11,12)(H,13,14). The third-order valence-electron chi connectivity index (χ3n) is 1.32. The summed E-state index contributed by atoms with van der Waals surface area (Å²) in [7, 11) is 0. The summed E-state index contributed by atoms with van der Waals surface area (Å²) in [6.45, 7) is 0.0249. The van der Waals surface area contributed by atoms with Crippen molar-refractivity contribution in [3.05, 3.63) is 0 Å². The van der Waals surface area contributed by atoms with Crippen molar-refractivity contribution in [1.82, 2.24) is 9.62 Å². The lowest BCUT2D eigenvalue weighted by molar-refractivity contribution is -0.139. The van der Waals surface area contributed by atoms with Crippen LogP contribution in [0.5, 0.6) is 0 Å². The Balaban J connectivity index is 4.20. The molecule has 0 aromatic heterocycles. The summed E-state index contributed by atoms with van der Waals surface area (Å²) >= 11 is 5.88. The Kier molecular flexibility index (Phi) is 7.81. The zero-order valence-electron chi connectivity index (χ0n) is 8.38. The molecule has 0 aliphatic heterocycles. The highest BCUT2D eigenvalue weighted by Crippen LogP contribution is 2.05. The van der Waals surface area contributed by atoms with Gasteiger partial charge in [0.15, 0.2) is 4.32 Å². The predicted octanol–water partition coefficient (Wildman–Crippen LogP) is -1.06. The maximum Gasteiger partial charge on any atom is 0.323 e. The molecular formula is C7H13N3O4S2. The Labute approximate surface area is 102 Å². The number of nitrogens with two attached hydrogens (primary N) is 1. The summed E-state index contributed by atoms with van der Waals surface area (Å²) in [6, 6.07) is 0. The highest BCUT2D eigenvalue weighted by Gasteiger charge is 2.16. The van der Waals surface area contributed by atoms with Crippen LogP contribution >= 0.6 is 24.2 Å². The molecule has 7 nitrogen and oxygen atoms in total. The second-order valence-electron chi connectivity index (χ2n) is 2.69. The maximum atomic E-state index is 10.5. The van der Waals surface area contributed by atoms with Crippen LogP contribution in [0, 0.1) is 0 Å². The molecule has 0 fully saturated rings. The SMILES string of the molecule is NCCNSC(=S)N(CC(=O)O)CC(=O)O. The van der Waals surface area contributed by atoms with Crippen molar-refractivity contribution >= 4 is 40.4 Å². The first-order valence-electron chi connectivity index (χ1n) is 4.29. The summed E-state index contributed by atoms with van der Waals surface area (Å²) < 4.78 is 2.95. The average Bonchev–Trinajstić information content (AvgIpc) is 2.15. The van der Waals surface area contributed by atoms with E-state index in [9.17, 15) is 9.59 Å². The Bertz CT molecular complexity index is 258. The van der Waals surface area contributed by atoms with Gasteiger partial charge >= 0.3 is 11.9 Å². The van der Waals surface area contributed by atoms with Gasteiger partial charge in [-0.05, 0) is 11.9 Å². The number of hydrogen-bond acceptors (Lipinski definition) is 6. The maximum absolute atomic E-state index is 10.5. The summed E-state index contributed by atoms with van der Waals surface area (Å²) in [6.07, 6.45) is 0. The van der Waals surface area contributed by atoms with E-state index in [0.717, 1.165) is 16.8 Å². The van der Waals surface area contributed by atoms with Gasteiger partial charge in [-0.2, -0.15) is 0 Å². The number of nitrogens with zero attached hydrogens (tertiary/aromatic N) is 1. The fraction of sp³-hybridized carbons (Fsp3) is 0.571. The van der Waals surface area contributed by atoms with Gasteiger partial charge in [-0.25, -0.2) is 0 Å². The van der Waals surface area contributed by atoms with E-state index in [2.05, 4.69) is 4.72 Å². The normalized spacial score (nSPS) is 9.81. The van der Waals surface area contributed by atoms with Gasteiger partial charge in [0.25, 0.3) is 0 Å². The van der Waals surface area contributed by atoms with Crippen LogP contribution in [0.3, 0.4) is 0 Å². The molecule has 0 saturated carbocycles. The van der Waals surface area contributed by atoms with Crippen molar-refractivity contribution in [2.45, 2.75) is 0 Å². The minimum atomic E-state index is -1.14. The topological polar surface area (TPSA) is 116 Å². The highest BCUT2D eigenvalue weighted by atomic mass is 32.2. The molecule has 0 spiro atoms. The molecular weight excluding hydrogens is 254 g/mol. The van der Waals surface area contributed by atoms with Gasteiger partial charge < -0.3 is 20.8 Å². The first kappa shape index (κ1) is 15.1. The largest absolute Gasteiger partial charge is 0.480 e. The molecule has 0 bridgehead atoms. The lowest BCUT2D eigenvalue weighted by atomic mass is 10.5. The van der Waals surface area contributed by atoms with E-state index in [1.807, 2.05) is 0 Å². The minimum absolute atomic E-state index is 0.165. The smallest absolute Gasteiger partial charge is 0.323 e. The van der Waals surface area contributed by atoms with Crippen molar-refractivity contribution < 1.29 is 19.8 Å². The Morgan fingerprint density at radius 2 is 1.81 bits per heavy atom. The summed E-state index contributed by atoms with van der Waals surface area (Å²) in [4.78, 5) is 22.0. The first-order valence-corrected chi connectivity index (χ1v) is 5.52. The predicted molar refractivity (Wildman–Crippen MR) is 64.1 cm³/mol. The van der Waals surface area contributed by atoms with E-state index in [1.54, 1.807) is 0 Å². The lowest BCUT2D eigenvalue weighted by Crippen LogP contribution is -2.38. The number of thiocarbonyl (C=S) groups is 1. The fourth-order valence-electron chi connectivity index (χ4n) is 0.748. The summed E-state index contributed by atoms with van der Waals surface area (Å²) in [5.41, 5.74) is 5.23. The molecule has 16 heavy (non-hydrogen) atoms. The van der Waals surface area contributed by atoms with Gasteiger partial charge in [0.2, 0.25) is 0 Å². The van der Waals surface area contributed by atoms with Crippen molar-refractivity contribution in [3.8, 4) is 0 Å². The molecule has 0 unspecified atom stereocenters. The van der Waals surface area contributed by atoms with E-state index in [4.69, 9.17) is 28.2 Å². The van der Waals surface area contributed by atoms with Crippen molar-refractivity contribution in [2.75, 3.05) is 26.2 Å². The number of aliphatic carboxylic acids is 2. The number of nitrogens with one attached hydrogen (secondary N) is 1. The molecule has 0 saturated heterocycles. The lowest BCUT2D eigenvalue weighted by Gasteiger charge is -2.20. The van der Waals surface area contributed by atoms with Crippen LogP contribution in [0.2, 0.25) is 0 Å². The van der Waals surface area contributed by atoms with E-state index in [-0.39, 0.29) is 4.32 Å². The Hall–Kier alpha value is -0.900. The summed E-state index contributed by atoms with van der Waals surface area (Å²) in [5.74, 6) is -2.27. The van der Waals surface area contributed by atoms with E-state index in [1.165, 1.54) is 0 Å². The number of carbonyl (C=O) groups is 2. The van der Waals surface area contributed by atoms with Crippen LogP contribution in [-0.2, 0) is 9.59 Å². The van der Waals surface area contributed by atoms with Crippen molar-refractivity contribution in [1.29, 1.82) is 0 Å². The number of carboxylic acid groups (broad SMARTS) is 2. The van der Waals surface area contributed by atoms with Gasteiger partial charge in [-0.3, -0.25) is 14.3 Å². The van der Waals surface area contributed by atoms with Crippen LogP contribution in [0.25, 0.3) is 0 Å². The molecule has 0 aromatic rings. The van der Waals surface area contributed by atoms with Crippen LogP contribution in [-0.4, -0.2) is 57.6 Å². The van der Waals surface area contributed by atoms with E-state index < -0.39 is 25.0 Å². The zero-order chi connectivity index (χ0) is 12.6.